The molecule has 0 amide bonds. The molecule has 2 aromatic rings. The first-order chi connectivity index (χ1) is 10.1. The summed E-state index contributed by atoms with van der Waals surface area (Å²) in [5.74, 6) is 1.70. The summed E-state index contributed by atoms with van der Waals surface area (Å²) in [6.45, 7) is 5.27. The number of rotatable bonds is 4. The second kappa shape index (κ2) is 5.41. The highest BCUT2D eigenvalue weighted by molar-refractivity contribution is 5.50. The molecular weight excluding hydrogens is 262 g/mol. The predicted molar refractivity (Wildman–Crippen MR) is 83.5 cm³/mol. The van der Waals surface area contributed by atoms with Gasteiger partial charge in [-0.2, -0.15) is 0 Å². The highest BCUT2D eigenvalue weighted by Crippen LogP contribution is 2.41. The smallest absolute Gasteiger partial charge is 0.165 e. The first-order valence-corrected chi connectivity index (χ1v) is 7.29. The van der Waals surface area contributed by atoms with Crippen molar-refractivity contribution in [2.75, 3.05) is 0 Å². The Balaban J connectivity index is 1.76. The Kier molecular flexibility index (Phi) is 3.60. The van der Waals surface area contributed by atoms with Crippen LogP contribution in [0.4, 0.5) is 0 Å². The summed E-state index contributed by atoms with van der Waals surface area (Å²) >= 11 is 0. The van der Waals surface area contributed by atoms with Crippen molar-refractivity contribution < 1.29 is 9.47 Å². The lowest BCUT2D eigenvalue weighted by Crippen LogP contribution is -2.24. The van der Waals surface area contributed by atoms with Gasteiger partial charge >= 0.3 is 0 Å². The van der Waals surface area contributed by atoms with Gasteiger partial charge in [0, 0.05) is 18.5 Å². The number of para-hydroxylation sites is 1. The molecule has 0 atom stereocenters. The van der Waals surface area contributed by atoms with Crippen LogP contribution in [0.25, 0.3) is 0 Å². The number of fused-ring (bicyclic) bond motifs is 1. The molecule has 1 aliphatic heterocycles. The molecule has 0 radical (unpaired) electrons. The molecule has 3 nitrogen and oxygen atoms in total. The van der Waals surface area contributed by atoms with Crippen molar-refractivity contribution in [1.82, 2.24) is 0 Å². The highest BCUT2D eigenvalue weighted by atomic mass is 16.5. The maximum Gasteiger partial charge on any atom is 0.165 e. The van der Waals surface area contributed by atoms with Gasteiger partial charge in [-0.15, -0.1) is 0 Å². The first kappa shape index (κ1) is 14.0. The average Bonchev–Trinajstić information content (AvgIpc) is 2.79. The van der Waals surface area contributed by atoms with Crippen LogP contribution in [0, 0.1) is 0 Å². The van der Waals surface area contributed by atoms with E-state index >= 15 is 0 Å². The Morgan fingerprint density at radius 3 is 2.71 bits per heavy atom. The quantitative estimate of drug-likeness (QED) is 0.935. The Hall–Kier alpha value is -2.00. The van der Waals surface area contributed by atoms with Crippen LogP contribution in [0.2, 0.25) is 0 Å². The highest BCUT2D eigenvalue weighted by Gasteiger charge is 2.32. The molecule has 0 saturated carbocycles. The number of nitrogens with two attached hydrogens (primary N) is 1. The van der Waals surface area contributed by atoms with Crippen molar-refractivity contribution in [2.24, 2.45) is 5.73 Å². The van der Waals surface area contributed by atoms with Gasteiger partial charge in [0.15, 0.2) is 11.5 Å². The van der Waals surface area contributed by atoms with E-state index in [-0.39, 0.29) is 5.60 Å². The van der Waals surface area contributed by atoms with E-state index in [1.807, 2.05) is 30.3 Å². The van der Waals surface area contributed by atoms with Gasteiger partial charge in [0.2, 0.25) is 0 Å². The third-order valence-electron chi connectivity index (χ3n) is 3.68. The fourth-order valence-corrected chi connectivity index (χ4v) is 2.71. The molecule has 0 bridgehead atoms. The van der Waals surface area contributed by atoms with Gasteiger partial charge in [0.05, 0.1) is 0 Å². The summed E-state index contributed by atoms with van der Waals surface area (Å²) < 4.78 is 12.0. The number of hydrogen-bond donors (Lipinski definition) is 1. The van der Waals surface area contributed by atoms with Crippen LogP contribution in [0.5, 0.6) is 11.5 Å². The fraction of sp³-hybridized carbons (Fsp3) is 0.333. The molecule has 3 heteroatoms. The van der Waals surface area contributed by atoms with Crippen molar-refractivity contribution in [1.29, 1.82) is 0 Å². The van der Waals surface area contributed by atoms with E-state index in [2.05, 4.69) is 26.0 Å². The molecule has 0 unspecified atom stereocenters. The molecule has 2 aromatic carbocycles. The normalized spacial score (nSPS) is 15.4. The minimum Gasteiger partial charge on any atom is -0.485 e. The summed E-state index contributed by atoms with van der Waals surface area (Å²) in [6, 6.07) is 14.3. The van der Waals surface area contributed by atoms with Crippen molar-refractivity contribution in [3.63, 3.8) is 0 Å². The van der Waals surface area contributed by atoms with Crippen molar-refractivity contribution in [3.05, 3.63) is 59.2 Å². The first-order valence-electron chi connectivity index (χ1n) is 7.29. The van der Waals surface area contributed by atoms with Crippen LogP contribution < -0.4 is 15.2 Å². The van der Waals surface area contributed by atoms with Gasteiger partial charge in [-0.25, -0.2) is 0 Å². The standard InChI is InChI=1S/C18H21NO2/c1-18(2)10-15-7-4-8-16(17(15)21-18)20-12-14-6-3-5-13(9-14)11-19/h3-9H,10-12,19H2,1-2H3. The molecule has 1 aliphatic rings. The largest absolute Gasteiger partial charge is 0.485 e. The molecule has 21 heavy (non-hydrogen) atoms. The number of hydrogen-bond acceptors (Lipinski definition) is 3. The van der Waals surface area contributed by atoms with Gasteiger partial charge in [-0.3, -0.25) is 0 Å². The number of benzene rings is 2. The Morgan fingerprint density at radius 2 is 1.90 bits per heavy atom. The summed E-state index contributed by atoms with van der Waals surface area (Å²) in [7, 11) is 0. The minimum absolute atomic E-state index is 0.152. The van der Waals surface area contributed by atoms with E-state index in [4.69, 9.17) is 15.2 Å². The van der Waals surface area contributed by atoms with E-state index in [0.29, 0.717) is 13.2 Å². The molecule has 0 saturated heterocycles. The van der Waals surface area contributed by atoms with Gasteiger partial charge < -0.3 is 15.2 Å². The molecule has 0 spiro atoms. The van der Waals surface area contributed by atoms with Crippen LogP contribution >= 0.6 is 0 Å². The zero-order chi connectivity index (χ0) is 14.9. The average molecular weight is 283 g/mol. The molecular formula is C18H21NO2. The van der Waals surface area contributed by atoms with E-state index in [1.54, 1.807) is 0 Å². The lowest BCUT2D eigenvalue weighted by atomic mass is 10.0. The minimum atomic E-state index is -0.152. The summed E-state index contributed by atoms with van der Waals surface area (Å²) in [4.78, 5) is 0. The SMILES string of the molecule is CC1(C)Cc2cccc(OCc3cccc(CN)c3)c2O1. The van der Waals surface area contributed by atoms with Crippen molar-refractivity contribution in [2.45, 2.75) is 39.0 Å². The third-order valence-corrected chi connectivity index (χ3v) is 3.68. The van der Waals surface area contributed by atoms with Crippen LogP contribution in [0.3, 0.4) is 0 Å². The van der Waals surface area contributed by atoms with Crippen LogP contribution in [-0.4, -0.2) is 5.60 Å². The topological polar surface area (TPSA) is 44.5 Å². The second-order valence-corrected chi connectivity index (χ2v) is 6.10. The van der Waals surface area contributed by atoms with E-state index in [9.17, 15) is 0 Å². The molecule has 110 valence electrons. The lowest BCUT2D eigenvalue weighted by molar-refractivity contribution is 0.131. The van der Waals surface area contributed by atoms with Crippen LogP contribution in [0.15, 0.2) is 42.5 Å². The van der Waals surface area contributed by atoms with Gasteiger partial charge in [0.25, 0.3) is 0 Å². The van der Waals surface area contributed by atoms with Crippen molar-refractivity contribution >= 4 is 0 Å². The molecule has 2 N–H and O–H groups in total. The molecule has 0 fully saturated rings. The molecule has 0 aliphatic carbocycles. The van der Waals surface area contributed by atoms with Gasteiger partial charge in [0.1, 0.15) is 12.2 Å². The van der Waals surface area contributed by atoms with E-state index in [0.717, 1.165) is 29.0 Å². The summed E-state index contributed by atoms with van der Waals surface area (Å²) in [6.07, 6.45) is 0.919. The van der Waals surface area contributed by atoms with E-state index < -0.39 is 0 Å². The maximum absolute atomic E-state index is 6.01. The zero-order valence-corrected chi connectivity index (χ0v) is 12.6. The summed E-state index contributed by atoms with van der Waals surface area (Å²) in [5, 5.41) is 0. The Bertz CT molecular complexity index is 649. The zero-order valence-electron chi connectivity index (χ0n) is 12.6. The van der Waals surface area contributed by atoms with Crippen LogP contribution in [-0.2, 0) is 19.6 Å². The summed E-state index contributed by atoms with van der Waals surface area (Å²) in [5.41, 5.74) is 8.97. The third kappa shape index (κ3) is 3.03. The lowest BCUT2D eigenvalue weighted by Gasteiger charge is -2.18. The van der Waals surface area contributed by atoms with E-state index in [1.165, 1.54) is 5.56 Å². The predicted octanol–water partition coefficient (Wildman–Crippen LogP) is 3.44. The number of ether oxygens (including phenoxy) is 2. The Labute approximate surface area is 125 Å². The van der Waals surface area contributed by atoms with Crippen LogP contribution in [0.1, 0.15) is 30.5 Å². The maximum atomic E-state index is 6.01. The molecule has 3 rings (SSSR count). The Morgan fingerprint density at radius 1 is 1.14 bits per heavy atom. The monoisotopic (exact) mass is 283 g/mol. The molecule has 1 heterocycles. The van der Waals surface area contributed by atoms with Crippen molar-refractivity contribution in [3.8, 4) is 11.5 Å². The van der Waals surface area contributed by atoms with Gasteiger partial charge in [-0.1, -0.05) is 36.4 Å². The molecule has 0 aromatic heterocycles. The fourth-order valence-electron chi connectivity index (χ4n) is 2.71. The van der Waals surface area contributed by atoms with Gasteiger partial charge in [-0.05, 0) is 31.0 Å². The second-order valence-electron chi connectivity index (χ2n) is 6.10.